The fourth-order valence-electron chi connectivity index (χ4n) is 3.41. The van der Waals surface area contributed by atoms with Gasteiger partial charge in [-0.3, -0.25) is 0 Å². The van der Waals surface area contributed by atoms with Gasteiger partial charge in [0.2, 0.25) is 0 Å². The van der Waals surface area contributed by atoms with Crippen LogP contribution in [0.1, 0.15) is 11.7 Å². The first-order valence-corrected chi connectivity index (χ1v) is 8.25. The minimum absolute atomic E-state index is 0.121. The molecule has 1 aliphatic heterocycles. The molecular weight excluding hydrogens is 296 g/mol. The zero-order chi connectivity index (χ0) is 16.4. The Labute approximate surface area is 142 Å². The molecule has 0 atom stereocenters. The smallest absolute Gasteiger partial charge is 0.128 e. The summed E-state index contributed by atoms with van der Waals surface area (Å²) in [4.78, 5) is 4.83. The molecule has 0 aromatic heterocycles. The van der Waals surface area contributed by atoms with E-state index >= 15 is 0 Å². The molecule has 120 valence electrons. The Morgan fingerprint density at radius 1 is 0.625 bits per heavy atom. The lowest BCUT2D eigenvalue weighted by atomic mass is 10.1. The number of hydrogen-bond acceptors (Lipinski definition) is 3. The molecule has 1 N–H and O–H groups in total. The number of phenolic OH excluding ortho intramolecular Hbond substituents is 1. The number of hydrogen-bond donors (Lipinski definition) is 1. The van der Waals surface area contributed by atoms with E-state index in [0.717, 1.165) is 13.1 Å². The summed E-state index contributed by atoms with van der Waals surface area (Å²) in [5.74, 6) is 0.300. The lowest BCUT2D eigenvalue weighted by Gasteiger charge is -2.33. The summed E-state index contributed by atoms with van der Waals surface area (Å²) in [5.41, 5.74) is 3.61. The predicted octanol–water partition coefficient (Wildman–Crippen LogP) is 4.42. The summed E-state index contributed by atoms with van der Waals surface area (Å²) in [7, 11) is 0. The molecule has 0 spiro atoms. The van der Waals surface area contributed by atoms with Gasteiger partial charge >= 0.3 is 0 Å². The van der Waals surface area contributed by atoms with Crippen molar-refractivity contribution < 1.29 is 5.11 Å². The molecule has 1 fully saturated rings. The van der Waals surface area contributed by atoms with Crippen molar-refractivity contribution in [3.05, 3.63) is 90.5 Å². The monoisotopic (exact) mass is 316 g/mol. The fourth-order valence-corrected chi connectivity index (χ4v) is 3.41. The highest BCUT2D eigenvalue weighted by Crippen LogP contribution is 2.37. The number of para-hydroxylation sites is 2. The molecule has 4 rings (SSSR count). The first-order valence-electron chi connectivity index (χ1n) is 8.25. The third-order valence-corrected chi connectivity index (χ3v) is 4.54. The van der Waals surface area contributed by atoms with Crippen molar-refractivity contribution in [1.29, 1.82) is 0 Å². The van der Waals surface area contributed by atoms with Gasteiger partial charge in [0, 0.05) is 24.5 Å². The summed E-state index contributed by atoms with van der Waals surface area (Å²) < 4.78 is 0. The van der Waals surface area contributed by atoms with E-state index in [1.54, 1.807) is 12.1 Å². The summed E-state index contributed by atoms with van der Waals surface area (Å²) >= 11 is 0. The number of anilines is 2. The van der Waals surface area contributed by atoms with Crippen molar-refractivity contribution in [2.75, 3.05) is 22.9 Å². The van der Waals surface area contributed by atoms with Gasteiger partial charge in [0.25, 0.3) is 0 Å². The molecule has 3 aromatic carbocycles. The lowest BCUT2D eigenvalue weighted by molar-refractivity contribution is 0.475. The molecule has 3 nitrogen and oxygen atoms in total. The second-order valence-corrected chi connectivity index (χ2v) is 6.02. The maximum atomic E-state index is 9.64. The fraction of sp³-hybridized carbons (Fsp3) is 0.143. The van der Waals surface area contributed by atoms with Gasteiger partial charge in [-0.05, 0) is 42.0 Å². The van der Waals surface area contributed by atoms with E-state index in [0.29, 0.717) is 5.75 Å². The number of nitrogens with zero attached hydrogens (tertiary/aromatic N) is 2. The number of benzene rings is 3. The van der Waals surface area contributed by atoms with Crippen molar-refractivity contribution in [3.63, 3.8) is 0 Å². The Morgan fingerprint density at radius 3 is 1.54 bits per heavy atom. The van der Waals surface area contributed by atoms with E-state index in [9.17, 15) is 5.11 Å². The van der Waals surface area contributed by atoms with Crippen LogP contribution in [0.4, 0.5) is 11.4 Å². The average molecular weight is 316 g/mol. The molecule has 3 aromatic rings. The molecule has 3 heteroatoms. The van der Waals surface area contributed by atoms with Crippen molar-refractivity contribution in [1.82, 2.24) is 0 Å². The molecule has 1 saturated heterocycles. The van der Waals surface area contributed by atoms with Gasteiger partial charge < -0.3 is 14.9 Å². The van der Waals surface area contributed by atoms with E-state index in [4.69, 9.17) is 0 Å². The average Bonchev–Trinajstić information content (AvgIpc) is 3.09. The predicted molar refractivity (Wildman–Crippen MR) is 98.4 cm³/mol. The van der Waals surface area contributed by atoms with E-state index < -0.39 is 0 Å². The number of phenols is 1. The van der Waals surface area contributed by atoms with E-state index in [2.05, 4.69) is 58.3 Å². The Balaban J connectivity index is 1.77. The van der Waals surface area contributed by atoms with Gasteiger partial charge in [-0.2, -0.15) is 0 Å². The standard InChI is InChI=1S/C21H20N2O/c24-20-13-11-17(12-14-20)21-22(18-7-3-1-4-8-18)15-16-23(21)19-9-5-2-6-10-19/h1-14,21,24H,15-16H2. The van der Waals surface area contributed by atoms with Crippen LogP contribution in [-0.4, -0.2) is 18.2 Å². The highest BCUT2D eigenvalue weighted by Gasteiger charge is 2.33. The van der Waals surface area contributed by atoms with Gasteiger partial charge in [0.05, 0.1) is 0 Å². The number of aromatic hydroxyl groups is 1. The maximum absolute atomic E-state index is 9.64. The molecule has 0 aliphatic carbocycles. The van der Waals surface area contributed by atoms with Gasteiger partial charge in [-0.15, -0.1) is 0 Å². The summed E-state index contributed by atoms with van der Waals surface area (Å²) in [5, 5.41) is 9.64. The largest absolute Gasteiger partial charge is 0.508 e. The second-order valence-electron chi connectivity index (χ2n) is 6.02. The van der Waals surface area contributed by atoms with Crippen LogP contribution < -0.4 is 9.80 Å². The van der Waals surface area contributed by atoms with Gasteiger partial charge in [-0.25, -0.2) is 0 Å². The van der Waals surface area contributed by atoms with E-state index in [1.165, 1.54) is 16.9 Å². The zero-order valence-corrected chi connectivity index (χ0v) is 13.4. The summed E-state index contributed by atoms with van der Waals surface area (Å²) in [6.07, 6.45) is 0.121. The van der Waals surface area contributed by atoms with Crippen molar-refractivity contribution >= 4 is 11.4 Å². The van der Waals surface area contributed by atoms with Crippen LogP contribution in [0.5, 0.6) is 5.75 Å². The SMILES string of the molecule is Oc1ccc(C2N(c3ccccc3)CCN2c2ccccc2)cc1. The number of rotatable bonds is 3. The first kappa shape index (κ1) is 14.6. The van der Waals surface area contributed by atoms with Crippen LogP contribution in [0, 0.1) is 0 Å². The van der Waals surface area contributed by atoms with Crippen molar-refractivity contribution in [3.8, 4) is 5.75 Å². The van der Waals surface area contributed by atoms with Crippen LogP contribution in [0.15, 0.2) is 84.9 Å². The van der Waals surface area contributed by atoms with Crippen LogP contribution in [-0.2, 0) is 0 Å². The lowest BCUT2D eigenvalue weighted by Crippen LogP contribution is -2.30. The molecule has 0 radical (unpaired) electrons. The third-order valence-electron chi connectivity index (χ3n) is 4.54. The Morgan fingerprint density at radius 2 is 1.08 bits per heavy atom. The molecule has 0 amide bonds. The molecule has 24 heavy (non-hydrogen) atoms. The Hall–Kier alpha value is -2.94. The zero-order valence-electron chi connectivity index (χ0n) is 13.4. The van der Waals surface area contributed by atoms with Gasteiger partial charge in [0.15, 0.2) is 0 Å². The summed E-state index contributed by atoms with van der Waals surface area (Å²) in [6, 6.07) is 28.6. The van der Waals surface area contributed by atoms with E-state index in [-0.39, 0.29) is 6.17 Å². The molecule has 0 saturated carbocycles. The minimum atomic E-state index is 0.121. The highest BCUT2D eigenvalue weighted by atomic mass is 16.3. The minimum Gasteiger partial charge on any atom is -0.508 e. The normalized spacial score (nSPS) is 15.0. The van der Waals surface area contributed by atoms with Gasteiger partial charge in [-0.1, -0.05) is 48.5 Å². The second kappa shape index (κ2) is 6.28. The van der Waals surface area contributed by atoms with Gasteiger partial charge in [0.1, 0.15) is 11.9 Å². The quantitative estimate of drug-likeness (QED) is 0.775. The molecule has 0 bridgehead atoms. The summed E-state index contributed by atoms with van der Waals surface area (Å²) in [6.45, 7) is 1.93. The maximum Gasteiger partial charge on any atom is 0.128 e. The van der Waals surface area contributed by atoms with Crippen LogP contribution in [0.2, 0.25) is 0 Å². The van der Waals surface area contributed by atoms with Crippen molar-refractivity contribution in [2.24, 2.45) is 0 Å². The molecule has 1 aliphatic rings. The van der Waals surface area contributed by atoms with Crippen LogP contribution in [0.3, 0.4) is 0 Å². The molecule has 1 heterocycles. The Bertz CT molecular complexity index is 740. The Kier molecular flexibility index (Phi) is 3.83. The third kappa shape index (κ3) is 2.69. The first-order chi connectivity index (χ1) is 11.8. The topological polar surface area (TPSA) is 26.7 Å². The van der Waals surface area contributed by atoms with Crippen molar-refractivity contribution in [2.45, 2.75) is 6.17 Å². The van der Waals surface area contributed by atoms with Crippen LogP contribution in [0.25, 0.3) is 0 Å². The highest BCUT2D eigenvalue weighted by molar-refractivity contribution is 5.59. The van der Waals surface area contributed by atoms with Crippen LogP contribution >= 0.6 is 0 Å². The molecule has 0 unspecified atom stereocenters. The molecular formula is C21H20N2O. The van der Waals surface area contributed by atoms with E-state index in [1.807, 2.05) is 24.3 Å².